The molecule has 0 radical (unpaired) electrons. The summed E-state index contributed by atoms with van der Waals surface area (Å²) in [5, 5.41) is 6.97. The third-order valence-electron chi connectivity index (χ3n) is 2.25. The Hall–Kier alpha value is -1.04. The summed E-state index contributed by atoms with van der Waals surface area (Å²) >= 11 is 3.26. The van der Waals surface area contributed by atoms with Gasteiger partial charge in [0.25, 0.3) is 0 Å². The summed E-state index contributed by atoms with van der Waals surface area (Å²) in [6.07, 6.45) is 4.46. The van der Waals surface area contributed by atoms with Crippen LogP contribution in [0.3, 0.4) is 0 Å². The van der Waals surface area contributed by atoms with Gasteiger partial charge in [0.15, 0.2) is 5.82 Å². The van der Waals surface area contributed by atoms with E-state index in [1.54, 1.807) is 10.9 Å². The summed E-state index contributed by atoms with van der Waals surface area (Å²) in [4.78, 5) is 11.4. The smallest absolute Gasteiger partial charge is 0.222 e. The molecule has 1 saturated carbocycles. The van der Waals surface area contributed by atoms with Gasteiger partial charge in [0.2, 0.25) is 5.91 Å². The molecule has 0 saturated heterocycles. The lowest BCUT2D eigenvalue weighted by atomic mass is 10.4. The van der Waals surface area contributed by atoms with Gasteiger partial charge in [-0.05, 0) is 28.8 Å². The topological polar surface area (TPSA) is 72.9 Å². The number of anilines is 1. The largest absolute Gasteiger partial charge is 0.381 e. The number of halogens is 1. The third-order valence-corrected chi connectivity index (χ3v) is 2.86. The molecule has 2 rings (SSSR count). The van der Waals surface area contributed by atoms with Gasteiger partial charge in [0.1, 0.15) is 0 Å². The van der Waals surface area contributed by atoms with Crippen LogP contribution in [0, 0.1) is 0 Å². The molecular weight excluding hydrogens is 260 g/mol. The van der Waals surface area contributed by atoms with Gasteiger partial charge in [-0.2, -0.15) is 5.10 Å². The molecule has 5 nitrogen and oxygen atoms in total. The van der Waals surface area contributed by atoms with Crippen LogP contribution >= 0.6 is 15.9 Å². The van der Waals surface area contributed by atoms with Gasteiger partial charge >= 0.3 is 0 Å². The maximum atomic E-state index is 11.4. The first-order chi connectivity index (χ1) is 7.15. The Balaban J connectivity index is 1.78. The normalized spacial score (nSPS) is 15.3. The Labute approximate surface area is 96.1 Å². The number of nitrogens with two attached hydrogens (primary N) is 1. The summed E-state index contributed by atoms with van der Waals surface area (Å²) in [6.45, 7) is 0.564. The molecule has 3 N–H and O–H groups in total. The Kier molecular flexibility index (Phi) is 2.95. The molecule has 1 amide bonds. The van der Waals surface area contributed by atoms with E-state index in [0.717, 1.165) is 17.3 Å². The van der Waals surface area contributed by atoms with Crippen molar-refractivity contribution in [1.82, 2.24) is 15.1 Å². The van der Waals surface area contributed by atoms with Crippen LogP contribution in [0.1, 0.15) is 19.3 Å². The number of carbonyl (C=O) groups excluding carboxylic acids is 1. The quantitative estimate of drug-likeness (QED) is 0.855. The van der Waals surface area contributed by atoms with Crippen molar-refractivity contribution in [3.05, 3.63) is 10.7 Å². The number of rotatable bonds is 4. The molecule has 0 bridgehead atoms. The standard InChI is InChI=1S/C9H13BrN4O/c10-7-5-14(13-9(7)11)4-3-8(15)12-6-1-2-6/h5-6H,1-4H2,(H2,11,13)(H,12,15). The lowest BCUT2D eigenvalue weighted by molar-refractivity contribution is -0.121. The molecule has 0 spiro atoms. The van der Waals surface area contributed by atoms with Gasteiger partial charge < -0.3 is 11.1 Å². The fraction of sp³-hybridized carbons (Fsp3) is 0.556. The van der Waals surface area contributed by atoms with E-state index in [1.165, 1.54) is 0 Å². The first kappa shape index (κ1) is 10.5. The highest BCUT2D eigenvalue weighted by atomic mass is 79.9. The van der Waals surface area contributed by atoms with Crippen molar-refractivity contribution in [2.45, 2.75) is 31.8 Å². The molecule has 0 unspecified atom stereocenters. The van der Waals surface area contributed by atoms with Crippen LogP contribution in [0.15, 0.2) is 10.7 Å². The molecule has 0 aliphatic heterocycles. The van der Waals surface area contributed by atoms with Crippen LogP contribution in [0.4, 0.5) is 5.82 Å². The summed E-state index contributed by atoms with van der Waals surface area (Å²) in [5.41, 5.74) is 5.56. The predicted molar refractivity (Wildman–Crippen MR) is 60.1 cm³/mol. The van der Waals surface area contributed by atoms with E-state index in [-0.39, 0.29) is 5.91 Å². The minimum atomic E-state index is 0.0858. The molecular formula is C9H13BrN4O. The van der Waals surface area contributed by atoms with E-state index >= 15 is 0 Å². The van der Waals surface area contributed by atoms with Crippen molar-refractivity contribution in [3.63, 3.8) is 0 Å². The van der Waals surface area contributed by atoms with Crippen LogP contribution in [0.5, 0.6) is 0 Å². The van der Waals surface area contributed by atoms with Crippen molar-refractivity contribution in [2.24, 2.45) is 0 Å². The zero-order valence-electron chi connectivity index (χ0n) is 8.24. The minimum absolute atomic E-state index is 0.0858. The van der Waals surface area contributed by atoms with Crippen LogP contribution < -0.4 is 11.1 Å². The Bertz CT molecular complexity index is 353. The lowest BCUT2D eigenvalue weighted by Crippen LogP contribution is -2.26. The second-order valence-corrected chi connectivity index (χ2v) is 4.57. The lowest BCUT2D eigenvalue weighted by Gasteiger charge is -2.02. The highest BCUT2D eigenvalue weighted by molar-refractivity contribution is 9.10. The van der Waals surface area contributed by atoms with Crippen molar-refractivity contribution in [1.29, 1.82) is 0 Å². The zero-order chi connectivity index (χ0) is 10.8. The molecule has 1 aliphatic carbocycles. The average Bonchev–Trinajstić information content (AvgIpc) is 2.92. The van der Waals surface area contributed by atoms with Gasteiger partial charge in [-0.25, -0.2) is 0 Å². The number of nitrogens with one attached hydrogen (secondary N) is 1. The Morgan fingerprint density at radius 2 is 2.47 bits per heavy atom. The van der Waals surface area contributed by atoms with Gasteiger partial charge in [-0.3, -0.25) is 9.48 Å². The van der Waals surface area contributed by atoms with E-state index in [1.807, 2.05) is 0 Å². The van der Waals surface area contributed by atoms with E-state index in [0.29, 0.717) is 24.8 Å². The van der Waals surface area contributed by atoms with Gasteiger partial charge in [0.05, 0.1) is 4.47 Å². The highest BCUT2D eigenvalue weighted by Crippen LogP contribution is 2.19. The number of nitrogen functional groups attached to an aromatic ring is 1. The number of nitrogens with zero attached hydrogens (tertiary/aromatic N) is 2. The fourth-order valence-corrected chi connectivity index (χ4v) is 1.59. The molecule has 1 heterocycles. The second-order valence-electron chi connectivity index (χ2n) is 3.72. The van der Waals surface area contributed by atoms with E-state index in [4.69, 9.17) is 5.73 Å². The molecule has 82 valence electrons. The summed E-state index contributed by atoms with van der Waals surface area (Å²) in [7, 11) is 0. The van der Waals surface area contributed by atoms with E-state index in [2.05, 4.69) is 26.3 Å². The summed E-state index contributed by atoms with van der Waals surface area (Å²) < 4.78 is 2.44. The van der Waals surface area contributed by atoms with Crippen LogP contribution in [0.25, 0.3) is 0 Å². The maximum absolute atomic E-state index is 11.4. The fourth-order valence-electron chi connectivity index (χ4n) is 1.27. The number of carbonyl (C=O) groups is 1. The van der Waals surface area contributed by atoms with Crippen molar-refractivity contribution in [3.8, 4) is 0 Å². The van der Waals surface area contributed by atoms with Crippen LogP contribution in [-0.2, 0) is 11.3 Å². The van der Waals surface area contributed by atoms with Crippen molar-refractivity contribution < 1.29 is 4.79 Å². The second kappa shape index (κ2) is 4.22. The van der Waals surface area contributed by atoms with Crippen molar-refractivity contribution in [2.75, 3.05) is 5.73 Å². The third kappa shape index (κ3) is 2.95. The number of hydrogen-bond donors (Lipinski definition) is 2. The number of aromatic nitrogens is 2. The Morgan fingerprint density at radius 3 is 3.00 bits per heavy atom. The van der Waals surface area contributed by atoms with Crippen molar-refractivity contribution >= 4 is 27.7 Å². The zero-order valence-corrected chi connectivity index (χ0v) is 9.83. The molecule has 1 aliphatic rings. The molecule has 0 atom stereocenters. The van der Waals surface area contributed by atoms with Crippen LogP contribution in [0.2, 0.25) is 0 Å². The Morgan fingerprint density at radius 1 is 1.73 bits per heavy atom. The molecule has 15 heavy (non-hydrogen) atoms. The average molecular weight is 273 g/mol. The number of aryl methyl sites for hydroxylation is 1. The molecule has 1 aromatic rings. The van der Waals surface area contributed by atoms with Gasteiger partial charge in [-0.15, -0.1) is 0 Å². The van der Waals surface area contributed by atoms with E-state index < -0.39 is 0 Å². The maximum Gasteiger partial charge on any atom is 0.222 e. The van der Waals surface area contributed by atoms with Gasteiger partial charge in [0, 0.05) is 25.2 Å². The first-order valence-electron chi connectivity index (χ1n) is 4.93. The molecule has 6 heteroatoms. The predicted octanol–water partition coefficient (Wildman–Crippen LogP) is 0.896. The molecule has 1 aromatic heterocycles. The first-order valence-corrected chi connectivity index (χ1v) is 5.72. The monoisotopic (exact) mass is 272 g/mol. The summed E-state index contributed by atoms with van der Waals surface area (Å²) in [6, 6.07) is 0.423. The van der Waals surface area contributed by atoms with E-state index in [9.17, 15) is 4.79 Å². The van der Waals surface area contributed by atoms with Gasteiger partial charge in [-0.1, -0.05) is 0 Å². The minimum Gasteiger partial charge on any atom is -0.381 e. The summed E-state index contributed by atoms with van der Waals surface area (Å²) in [5.74, 6) is 0.542. The van der Waals surface area contributed by atoms with Crippen LogP contribution in [-0.4, -0.2) is 21.7 Å². The molecule has 1 fully saturated rings. The molecule has 0 aromatic carbocycles. The SMILES string of the molecule is Nc1nn(CCC(=O)NC2CC2)cc1Br. The number of hydrogen-bond acceptors (Lipinski definition) is 3. The highest BCUT2D eigenvalue weighted by Gasteiger charge is 2.22. The number of amides is 1.